The summed E-state index contributed by atoms with van der Waals surface area (Å²) in [6.07, 6.45) is 4.89. The minimum atomic E-state index is -0.764. The number of esters is 1. The van der Waals surface area contributed by atoms with Gasteiger partial charge in [-0.1, -0.05) is 24.3 Å². The number of fused-ring (bicyclic) bond motifs is 5. The molecule has 2 aromatic rings. The van der Waals surface area contributed by atoms with Gasteiger partial charge in [0.2, 0.25) is 17.6 Å². The number of Topliss-reactive ketones (excluding diaryl/α,β-unsaturated/α-hetero) is 1. The summed E-state index contributed by atoms with van der Waals surface area (Å²) in [5.74, 6) is -2.15. The number of ether oxygens (including phenoxy) is 1. The Labute approximate surface area is 194 Å². The summed E-state index contributed by atoms with van der Waals surface area (Å²) in [5, 5.41) is 11.1. The third kappa shape index (κ3) is 3.40. The second-order valence-corrected chi connectivity index (χ2v) is 8.82. The average Bonchev–Trinajstić information content (AvgIpc) is 3.51. The SMILES string of the molecule is Cc1ccc(C(=O)COC(=O)c2ccc(N3C(=O)[C@H]4[C@H](C3=O)[C@H]3C=C[C@H]4C3)cc2)cc1[N+](=O)[O-]. The van der Waals surface area contributed by atoms with Gasteiger partial charge < -0.3 is 4.74 Å². The standard InChI is InChI=1S/C25H20N2O7/c1-13-2-3-15(11-19(13)27(32)33)20(28)12-34-25(31)14-6-8-18(9-7-14)26-23(29)21-16-4-5-17(10-16)22(21)24(26)30/h2-9,11,16-17,21-22H,10,12H2,1H3/t16-,17-,21+,22+/m0/s1. The monoisotopic (exact) mass is 460 g/mol. The number of aryl methyl sites for hydroxylation is 1. The molecule has 5 rings (SSSR count). The maximum atomic E-state index is 12.9. The van der Waals surface area contributed by atoms with Crippen molar-refractivity contribution in [1.82, 2.24) is 0 Å². The summed E-state index contributed by atoms with van der Waals surface area (Å²) in [4.78, 5) is 62.2. The van der Waals surface area contributed by atoms with Gasteiger partial charge in [-0.25, -0.2) is 4.79 Å². The topological polar surface area (TPSA) is 124 Å². The predicted molar refractivity (Wildman–Crippen MR) is 119 cm³/mol. The molecular formula is C25H20N2O7. The summed E-state index contributed by atoms with van der Waals surface area (Å²) in [6.45, 7) is 0.982. The molecule has 4 atom stereocenters. The Bertz CT molecular complexity index is 1250. The van der Waals surface area contributed by atoms with Crippen molar-refractivity contribution in [2.24, 2.45) is 23.7 Å². The molecule has 1 aliphatic heterocycles. The molecule has 1 saturated carbocycles. The van der Waals surface area contributed by atoms with Crippen molar-refractivity contribution >= 4 is 34.9 Å². The lowest BCUT2D eigenvalue weighted by atomic mass is 9.85. The summed E-state index contributed by atoms with van der Waals surface area (Å²) >= 11 is 0. The zero-order chi connectivity index (χ0) is 24.1. The number of ketones is 1. The molecule has 0 aromatic heterocycles. The number of anilines is 1. The van der Waals surface area contributed by atoms with Gasteiger partial charge in [0, 0.05) is 17.2 Å². The Morgan fingerprint density at radius 1 is 1.00 bits per heavy atom. The zero-order valence-electron chi connectivity index (χ0n) is 18.2. The molecule has 2 fully saturated rings. The van der Waals surface area contributed by atoms with Gasteiger partial charge in [0.15, 0.2) is 6.61 Å². The Kier molecular flexibility index (Phi) is 5.11. The molecule has 2 bridgehead atoms. The number of hydrogen-bond donors (Lipinski definition) is 0. The number of amides is 2. The first-order chi connectivity index (χ1) is 16.3. The number of carbonyl (C=O) groups is 4. The summed E-state index contributed by atoms with van der Waals surface area (Å²) in [5.41, 5.74) is 0.837. The molecule has 2 amide bonds. The van der Waals surface area contributed by atoms with Crippen LogP contribution in [0.3, 0.4) is 0 Å². The van der Waals surface area contributed by atoms with Crippen molar-refractivity contribution in [3.05, 3.63) is 81.4 Å². The van der Waals surface area contributed by atoms with Crippen LogP contribution in [0.25, 0.3) is 0 Å². The Hall–Kier alpha value is -4.14. The summed E-state index contributed by atoms with van der Waals surface area (Å²) in [7, 11) is 0. The molecule has 2 aliphatic carbocycles. The van der Waals surface area contributed by atoms with Crippen molar-refractivity contribution in [2.75, 3.05) is 11.5 Å². The smallest absolute Gasteiger partial charge is 0.338 e. The molecule has 2 aromatic carbocycles. The number of carbonyl (C=O) groups excluding carboxylic acids is 4. The fraction of sp³-hybridized carbons (Fsp3) is 0.280. The van der Waals surface area contributed by atoms with Crippen LogP contribution in [0.5, 0.6) is 0 Å². The van der Waals surface area contributed by atoms with E-state index in [0.717, 1.165) is 12.5 Å². The van der Waals surface area contributed by atoms with E-state index in [0.29, 0.717) is 11.3 Å². The fourth-order valence-electron chi connectivity index (χ4n) is 5.18. The van der Waals surface area contributed by atoms with Crippen molar-refractivity contribution in [3.63, 3.8) is 0 Å². The second kappa shape index (κ2) is 8.02. The van der Waals surface area contributed by atoms with E-state index in [1.165, 1.54) is 41.3 Å². The fourth-order valence-corrected chi connectivity index (χ4v) is 5.18. The van der Waals surface area contributed by atoms with Crippen LogP contribution in [0.2, 0.25) is 0 Å². The third-order valence-electron chi connectivity index (χ3n) is 6.89. The van der Waals surface area contributed by atoms with Crippen LogP contribution in [-0.4, -0.2) is 35.1 Å². The zero-order valence-corrected chi connectivity index (χ0v) is 18.2. The highest BCUT2D eigenvalue weighted by Crippen LogP contribution is 2.53. The number of nitro groups is 1. The van der Waals surface area contributed by atoms with E-state index < -0.39 is 23.3 Å². The van der Waals surface area contributed by atoms with Crippen LogP contribution in [0.15, 0.2) is 54.6 Å². The van der Waals surface area contributed by atoms with Crippen LogP contribution in [0, 0.1) is 40.7 Å². The molecular weight excluding hydrogens is 440 g/mol. The maximum absolute atomic E-state index is 12.9. The van der Waals surface area contributed by atoms with E-state index in [9.17, 15) is 29.3 Å². The predicted octanol–water partition coefficient (Wildman–Crippen LogP) is 3.25. The van der Waals surface area contributed by atoms with Crippen LogP contribution < -0.4 is 4.90 Å². The van der Waals surface area contributed by atoms with E-state index in [-0.39, 0.29) is 52.3 Å². The molecule has 1 heterocycles. The molecule has 0 spiro atoms. The van der Waals surface area contributed by atoms with Gasteiger partial charge >= 0.3 is 5.97 Å². The third-order valence-corrected chi connectivity index (χ3v) is 6.89. The highest BCUT2D eigenvalue weighted by atomic mass is 16.6. The number of nitrogens with zero attached hydrogens (tertiary/aromatic N) is 2. The van der Waals surface area contributed by atoms with Gasteiger partial charge in [-0.05, 0) is 49.4 Å². The highest BCUT2D eigenvalue weighted by molar-refractivity contribution is 6.22. The van der Waals surface area contributed by atoms with Crippen LogP contribution in [-0.2, 0) is 14.3 Å². The Morgan fingerprint density at radius 3 is 2.18 bits per heavy atom. The van der Waals surface area contributed by atoms with Gasteiger partial charge in [0.1, 0.15) is 0 Å². The molecule has 172 valence electrons. The van der Waals surface area contributed by atoms with Gasteiger partial charge in [-0.3, -0.25) is 29.4 Å². The first-order valence-corrected chi connectivity index (χ1v) is 10.9. The average molecular weight is 460 g/mol. The molecule has 9 nitrogen and oxygen atoms in total. The van der Waals surface area contributed by atoms with E-state index in [1.807, 2.05) is 12.2 Å². The van der Waals surface area contributed by atoms with Gasteiger partial charge in [0.25, 0.3) is 5.69 Å². The highest BCUT2D eigenvalue weighted by Gasteiger charge is 2.59. The first-order valence-electron chi connectivity index (χ1n) is 10.9. The lowest BCUT2D eigenvalue weighted by Gasteiger charge is -2.17. The normalized spacial score (nSPS) is 24.4. The quantitative estimate of drug-likeness (QED) is 0.162. The molecule has 9 heteroatoms. The molecule has 1 saturated heterocycles. The number of imide groups is 1. The van der Waals surface area contributed by atoms with Gasteiger partial charge in [-0.15, -0.1) is 0 Å². The van der Waals surface area contributed by atoms with E-state index in [2.05, 4.69) is 0 Å². The minimum absolute atomic E-state index is 0.0699. The maximum Gasteiger partial charge on any atom is 0.338 e. The van der Waals surface area contributed by atoms with E-state index in [4.69, 9.17) is 4.74 Å². The summed E-state index contributed by atoms with van der Waals surface area (Å²) < 4.78 is 5.07. The van der Waals surface area contributed by atoms with Crippen molar-refractivity contribution in [3.8, 4) is 0 Å². The largest absolute Gasteiger partial charge is 0.454 e. The number of benzene rings is 2. The van der Waals surface area contributed by atoms with Gasteiger partial charge in [0.05, 0.1) is 28.0 Å². The Morgan fingerprint density at radius 2 is 1.59 bits per heavy atom. The van der Waals surface area contributed by atoms with E-state index >= 15 is 0 Å². The van der Waals surface area contributed by atoms with Crippen molar-refractivity contribution in [1.29, 1.82) is 0 Å². The Balaban J connectivity index is 1.24. The van der Waals surface area contributed by atoms with Crippen LogP contribution >= 0.6 is 0 Å². The lowest BCUT2D eigenvalue weighted by molar-refractivity contribution is -0.385. The number of hydrogen-bond acceptors (Lipinski definition) is 7. The molecule has 0 unspecified atom stereocenters. The molecule has 0 N–H and O–H groups in total. The minimum Gasteiger partial charge on any atom is -0.454 e. The van der Waals surface area contributed by atoms with Gasteiger partial charge in [-0.2, -0.15) is 0 Å². The molecule has 0 radical (unpaired) electrons. The molecule has 3 aliphatic rings. The van der Waals surface area contributed by atoms with E-state index in [1.54, 1.807) is 6.92 Å². The van der Waals surface area contributed by atoms with Crippen molar-refractivity contribution < 1.29 is 28.8 Å². The molecule has 34 heavy (non-hydrogen) atoms. The summed E-state index contributed by atoms with van der Waals surface area (Å²) in [6, 6.07) is 9.93. The van der Waals surface area contributed by atoms with Crippen LogP contribution in [0.4, 0.5) is 11.4 Å². The first kappa shape index (κ1) is 21.7. The van der Waals surface area contributed by atoms with Crippen molar-refractivity contribution in [2.45, 2.75) is 13.3 Å². The number of rotatable bonds is 6. The second-order valence-electron chi connectivity index (χ2n) is 8.82. The number of allylic oxidation sites excluding steroid dienone is 2. The van der Waals surface area contributed by atoms with Crippen LogP contribution in [0.1, 0.15) is 32.7 Å². The lowest BCUT2D eigenvalue weighted by Crippen LogP contribution is -2.32. The number of nitro benzene ring substituents is 1.